The Balaban J connectivity index is 5.02. The van der Waals surface area contributed by atoms with E-state index in [0.29, 0.717) is 10.7 Å². The van der Waals surface area contributed by atoms with E-state index in [0.717, 1.165) is 7.11 Å². The van der Waals surface area contributed by atoms with Crippen molar-refractivity contribution in [2.45, 2.75) is 26.3 Å². The number of methoxy groups -OCH3 is 1. The number of carboxylic acids is 1. The molecule has 1 atom stereocenters. The minimum Gasteiger partial charge on any atom is -0.480 e. The maximum atomic E-state index is 11.7. The molecular weight excluding hydrogens is 252 g/mol. The van der Waals surface area contributed by atoms with E-state index >= 15 is 0 Å². The third kappa shape index (κ3) is 5.00. The lowest BCUT2D eigenvalue weighted by molar-refractivity contribution is -0.137. The normalized spacial score (nSPS) is 13.2. The maximum Gasteiger partial charge on any atom is 0.421 e. The van der Waals surface area contributed by atoms with E-state index in [1.807, 2.05) is 0 Å². The monoisotopic (exact) mass is 268 g/mol. The van der Waals surface area contributed by atoms with Crippen LogP contribution in [0.2, 0.25) is 0 Å². The van der Waals surface area contributed by atoms with Crippen LogP contribution in [0.1, 0.15) is 20.3 Å². The predicted molar refractivity (Wildman–Crippen MR) is 58.6 cm³/mol. The second-order valence-electron chi connectivity index (χ2n) is 3.29. The highest BCUT2D eigenvalue weighted by Gasteiger charge is 2.30. The highest BCUT2D eigenvalue weighted by molar-refractivity contribution is 7.87. The zero-order chi connectivity index (χ0) is 13.6. The Bertz CT molecular complexity index is 379. The number of hydrogen-bond donors (Lipinski definition) is 2. The standard InChI is InChI=1S/C8H16N2O6S/c1-4-6(2)10(5-7(11)12)17(14,15)9-8(13)16-3/h6H,4-5H2,1-3H3,(H,9,13)(H,11,12). The van der Waals surface area contributed by atoms with Gasteiger partial charge in [0.05, 0.1) is 7.11 Å². The van der Waals surface area contributed by atoms with Gasteiger partial charge in [0.1, 0.15) is 6.54 Å². The van der Waals surface area contributed by atoms with Gasteiger partial charge in [0.25, 0.3) is 0 Å². The summed E-state index contributed by atoms with van der Waals surface area (Å²) in [6, 6.07) is -0.548. The summed E-state index contributed by atoms with van der Waals surface area (Å²) >= 11 is 0. The SMILES string of the molecule is CCC(C)N(CC(=O)O)S(=O)(=O)NC(=O)OC. The first-order chi connectivity index (χ1) is 7.74. The quantitative estimate of drug-likeness (QED) is 0.688. The van der Waals surface area contributed by atoms with Crippen molar-refractivity contribution in [2.24, 2.45) is 0 Å². The van der Waals surface area contributed by atoms with Crippen molar-refractivity contribution in [3.63, 3.8) is 0 Å². The Morgan fingerprint density at radius 1 is 1.47 bits per heavy atom. The Kier molecular flexibility index (Phi) is 5.89. The first-order valence-corrected chi connectivity index (χ1v) is 6.28. The van der Waals surface area contributed by atoms with Crippen LogP contribution in [0.3, 0.4) is 0 Å². The van der Waals surface area contributed by atoms with Crippen LogP contribution in [0.4, 0.5) is 4.79 Å². The molecule has 0 aromatic rings. The largest absolute Gasteiger partial charge is 0.480 e. The molecule has 8 nitrogen and oxygen atoms in total. The molecule has 0 aliphatic heterocycles. The summed E-state index contributed by atoms with van der Waals surface area (Å²) in [5.74, 6) is -1.31. The van der Waals surface area contributed by atoms with Crippen molar-refractivity contribution in [1.82, 2.24) is 9.03 Å². The van der Waals surface area contributed by atoms with Gasteiger partial charge >= 0.3 is 22.3 Å². The summed E-state index contributed by atoms with van der Waals surface area (Å²) in [4.78, 5) is 21.4. The molecule has 0 aliphatic rings. The molecule has 9 heteroatoms. The van der Waals surface area contributed by atoms with Crippen LogP contribution in [0.15, 0.2) is 0 Å². The fourth-order valence-corrected chi connectivity index (χ4v) is 2.33. The number of carbonyl (C=O) groups is 2. The first kappa shape index (κ1) is 15.7. The van der Waals surface area contributed by atoms with Crippen LogP contribution in [0.25, 0.3) is 0 Å². The number of carbonyl (C=O) groups excluding carboxylic acids is 1. The minimum absolute atomic E-state index is 0.412. The number of nitrogens with one attached hydrogen (secondary N) is 1. The van der Waals surface area contributed by atoms with Gasteiger partial charge in [0.15, 0.2) is 0 Å². The van der Waals surface area contributed by atoms with Crippen LogP contribution in [0.5, 0.6) is 0 Å². The summed E-state index contributed by atoms with van der Waals surface area (Å²) in [5, 5.41) is 8.63. The van der Waals surface area contributed by atoms with E-state index in [1.165, 1.54) is 0 Å². The zero-order valence-electron chi connectivity index (χ0n) is 9.84. The third-order valence-corrected chi connectivity index (χ3v) is 3.61. The fourth-order valence-electron chi connectivity index (χ4n) is 1.02. The van der Waals surface area contributed by atoms with Crippen LogP contribution in [-0.2, 0) is 19.7 Å². The third-order valence-electron chi connectivity index (χ3n) is 2.08. The van der Waals surface area contributed by atoms with Gasteiger partial charge in [-0.3, -0.25) is 4.79 Å². The van der Waals surface area contributed by atoms with E-state index < -0.39 is 34.9 Å². The second kappa shape index (κ2) is 6.40. The molecule has 17 heavy (non-hydrogen) atoms. The van der Waals surface area contributed by atoms with E-state index in [1.54, 1.807) is 18.6 Å². The highest BCUT2D eigenvalue weighted by atomic mass is 32.2. The molecule has 0 aliphatic carbocycles. The number of ether oxygens (including phenoxy) is 1. The molecule has 0 saturated carbocycles. The topological polar surface area (TPSA) is 113 Å². The van der Waals surface area contributed by atoms with E-state index in [9.17, 15) is 18.0 Å². The predicted octanol–water partition coefficient (Wildman–Crippen LogP) is -0.228. The lowest BCUT2D eigenvalue weighted by Gasteiger charge is -2.25. The van der Waals surface area contributed by atoms with Crippen molar-refractivity contribution >= 4 is 22.3 Å². The number of hydrogen-bond acceptors (Lipinski definition) is 5. The van der Waals surface area contributed by atoms with Gasteiger partial charge in [-0.25, -0.2) is 9.52 Å². The van der Waals surface area contributed by atoms with Crippen LogP contribution < -0.4 is 4.72 Å². The average Bonchev–Trinajstić information content (AvgIpc) is 2.23. The van der Waals surface area contributed by atoms with Gasteiger partial charge in [-0.15, -0.1) is 0 Å². The maximum absolute atomic E-state index is 11.7. The van der Waals surface area contributed by atoms with Crippen molar-refractivity contribution in [3.8, 4) is 0 Å². The van der Waals surface area contributed by atoms with E-state index in [2.05, 4.69) is 4.74 Å². The van der Waals surface area contributed by atoms with Gasteiger partial charge < -0.3 is 9.84 Å². The Labute approximate surface area is 99.7 Å². The highest BCUT2D eigenvalue weighted by Crippen LogP contribution is 2.08. The van der Waals surface area contributed by atoms with Gasteiger partial charge in [-0.05, 0) is 13.3 Å². The van der Waals surface area contributed by atoms with Gasteiger partial charge in [-0.1, -0.05) is 6.92 Å². The van der Waals surface area contributed by atoms with Crippen molar-refractivity contribution in [2.75, 3.05) is 13.7 Å². The van der Waals surface area contributed by atoms with Gasteiger partial charge in [0, 0.05) is 6.04 Å². The Morgan fingerprint density at radius 2 is 2.00 bits per heavy atom. The van der Waals surface area contributed by atoms with Gasteiger partial charge in [-0.2, -0.15) is 12.7 Å². The number of aliphatic carboxylic acids is 1. The van der Waals surface area contributed by atoms with Crippen molar-refractivity contribution in [3.05, 3.63) is 0 Å². The Morgan fingerprint density at radius 3 is 2.35 bits per heavy atom. The molecule has 0 rings (SSSR count). The van der Waals surface area contributed by atoms with E-state index in [-0.39, 0.29) is 0 Å². The molecule has 0 spiro atoms. The molecule has 0 radical (unpaired) electrons. The molecule has 0 aromatic heterocycles. The van der Waals surface area contributed by atoms with Crippen molar-refractivity contribution in [1.29, 1.82) is 0 Å². The average molecular weight is 268 g/mol. The summed E-state index contributed by atoms with van der Waals surface area (Å²) in [5.41, 5.74) is 0. The molecule has 1 amide bonds. The smallest absolute Gasteiger partial charge is 0.421 e. The molecule has 1 unspecified atom stereocenters. The zero-order valence-corrected chi connectivity index (χ0v) is 10.7. The molecule has 0 aromatic carbocycles. The number of rotatable bonds is 6. The lowest BCUT2D eigenvalue weighted by Crippen LogP contribution is -2.49. The Hall–Kier alpha value is -1.35. The number of nitrogens with zero attached hydrogens (tertiary/aromatic N) is 1. The number of amides is 1. The summed E-state index contributed by atoms with van der Waals surface area (Å²) in [7, 11) is -3.20. The summed E-state index contributed by atoms with van der Waals surface area (Å²) < 4.78 is 29.8. The van der Waals surface area contributed by atoms with Crippen LogP contribution >= 0.6 is 0 Å². The molecule has 0 bridgehead atoms. The second-order valence-corrected chi connectivity index (χ2v) is 4.92. The summed E-state index contributed by atoms with van der Waals surface area (Å²) in [6.45, 7) is 2.52. The molecule has 2 N–H and O–H groups in total. The molecule has 100 valence electrons. The molecule has 0 fully saturated rings. The molecule has 0 saturated heterocycles. The minimum atomic E-state index is -4.21. The summed E-state index contributed by atoms with van der Waals surface area (Å²) in [6.07, 6.45) is -0.751. The van der Waals surface area contributed by atoms with Crippen LogP contribution in [-0.4, -0.2) is 49.6 Å². The fraction of sp³-hybridized carbons (Fsp3) is 0.750. The molecule has 0 heterocycles. The lowest BCUT2D eigenvalue weighted by atomic mass is 10.2. The van der Waals surface area contributed by atoms with E-state index in [4.69, 9.17) is 5.11 Å². The first-order valence-electron chi connectivity index (χ1n) is 4.83. The number of carboxylic acid groups (broad SMARTS) is 1. The van der Waals surface area contributed by atoms with Crippen molar-refractivity contribution < 1.29 is 27.9 Å². The molecular formula is C8H16N2O6S. The van der Waals surface area contributed by atoms with Crippen LogP contribution in [0, 0.1) is 0 Å². The van der Waals surface area contributed by atoms with Gasteiger partial charge in [0.2, 0.25) is 0 Å².